The Morgan fingerprint density at radius 1 is 1.40 bits per heavy atom. The van der Waals surface area contributed by atoms with Gasteiger partial charge in [-0.3, -0.25) is 9.78 Å². The van der Waals surface area contributed by atoms with Gasteiger partial charge in [-0.05, 0) is 30.7 Å². The number of hydrogen-bond acceptors (Lipinski definition) is 2. The summed E-state index contributed by atoms with van der Waals surface area (Å²) in [5, 5.41) is 0.915. The number of primary amides is 1. The molecule has 0 radical (unpaired) electrons. The number of nitrogens with zero attached hydrogens (tertiary/aromatic N) is 1. The van der Waals surface area contributed by atoms with Gasteiger partial charge in [0.1, 0.15) is 0 Å². The number of aromatic nitrogens is 1. The monoisotopic (exact) mass is 264 g/mol. The van der Waals surface area contributed by atoms with Gasteiger partial charge in [0, 0.05) is 16.1 Å². The number of fused-ring (bicyclic) bond motifs is 1. The zero-order chi connectivity index (χ0) is 11.0. The number of rotatable bonds is 1. The fourth-order valence-corrected chi connectivity index (χ4v) is 2.11. The van der Waals surface area contributed by atoms with Crippen molar-refractivity contribution in [2.75, 3.05) is 0 Å². The van der Waals surface area contributed by atoms with E-state index >= 15 is 0 Å². The van der Waals surface area contributed by atoms with Gasteiger partial charge in [-0.15, -0.1) is 0 Å². The predicted octanol–water partition coefficient (Wildman–Crippen LogP) is 2.40. The van der Waals surface area contributed by atoms with Crippen molar-refractivity contribution >= 4 is 32.7 Å². The highest BCUT2D eigenvalue weighted by Gasteiger charge is 2.05. The first-order valence-corrected chi connectivity index (χ1v) is 5.23. The molecule has 3 nitrogen and oxygen atoms in total. The van der Waals surface area contributed by atoms with E-state index in [1.54, 1.807) is 6.07 Å². The van der Waals surface area contributed by atoms with Crippen molar-refractivity contribution in [2.24, 2.45) is 5.73 Å². The minimum Gasteiger partial charge on any atom is -0.366 e. The van der Waals surface area contributed by atoms with Crippen LogP contribution in [0.2, 0.25) is 0 Å². The second-order valence-electron chi connectivity index (χ2n) is 3.38. The summed E-state index contributed by atoms with van der Waals surface area (Å²) in [7, 11) is 0. The third kappa shape index (κ3) is 1.85. The minimum atomic E-state index is -0.456. The molecule has 0 saturated heterocycles. The first-order valence-electron chi connectivity index (χ1n) is 4.43. The highest BCUT2D eigenvalue weighted by atomic mass is 79.9. The van der Waals surface area contributed by atoms with E-state index in [9.17, 15) is 4.79 Å². The Balaban J connectivity index is 2.76. The van der Waals surface area contributed by atoms with Crippen molar-refractivity contribution in [3.63, 3.8) is 0 Å². The quantitative estimate of drug-likeness (QED) is 0.860. The van der Waals surface area contributed by atoms with Gasteiger partial charge in [-0.2, -0.15) is 0 Å². The van der Waals surface area contributed by atoms with E-state index in [1.807, 2.05) is 19.1 Å². The maximum Gasteiger partial charge on any atom is 0.250 e. The van der Waals surface area contributed by atoms with Crippen LogP contribution in [0.3, 0.4) is 0 Å². The standard InChI is InChI=1S/C11H9BrN2O/c1-6-2-9(12)4-7-3-8(11(13)15)5-14-10(6)7/h2-5H,1H3,(H2,13,15). The molecule has 0 aliphatic carbocycles. The second kappa shape index (κ2) is 3.62. The summed E-state index contributed by atoms with van der Waals surface area (Å²) in [4.78, 5) is 15.2. The lowest BCUT2D eigenvalue weighted by Gasteiger charge is -2.03. The number of carbonyl (C=O) groups excluding carboxylic acids is 1. The maximum absolute atomic E-state index is 11.0. The molecule has 76 valence electrons. The fraction of sp³-hybridized carbons (Fsp3) is 0.0909. The number of amides is 1. The van der Waals surface area contributed by atoms with Crippen LogP contribution < -0.4 is 5.73 Å². The van der Waals surface area contributed by atoms with Crippen LogP contribution in [0, 0.1) is 6.92 Å². The van der Waals surface area contributed by atoms with Crippen LogP contribution in [0.25, 0.3) is 10.9 Å². The van der Waals surface area contributed by atoms with Gasteiger partial charge in [0.2, 0.25) is 5.91 Å². The zero-order valence-corrected chi connectivity index (χ0v) is 9.71. The summed E-state index contributed by atoms with van der Waals surface area (Å²) in [6, 6.07) is 5.66. The molecule has 0 bridgehead atoms. The summed E-state index contributed by atoms with van der Waals surface area (Å²) < 4.78 is 0.968. The molecule has 2 aromatic rings. The smallest absolute Gasteiger partial charge is 0.250 e. The summed E-state index contributed by atoms with van der Waals surface area (Å²) in [5.74, 6) is -0.456. The van der Waals surface area contributed by atoms with E-state index in [1.165, 1.54) is 6.20 Å². The third-order valence-electron chi connectivity index (χ3n) is 2.22. The lowest BCUT2D eigenvalue weighted by molar-refractivity contribution is 0.1000. The van der Waals surface area contributed by atoms with E-state index in [0.717, 1.165) is 20.9 Å². The van der Waals surface area contributed by atoms with Crippen LogP contribution >= 0.6 is 15.9 Å². The lowest BCUT2D eigenvalue weighted by atomic mass is 10.1. The van der Waals surface area contributed by atoms with Crippen molar-refractivity contribution < 1.29 is 4.79 Å². The summed E-state index contributed by atoms with van der Waals surface area (Å²) in [6.45, 7) is 1.98. The van der Waals surface area contributed by atoms with Crippen LogP contribution in [0.5, 0.6) is 0 Å². The number of halogens is 1. The molecule has 15 heavy (non-hydrogen) atoms. The molecule has 2 rings (SSSR count). The minimum absolute atomic E-state index is 0.431. The molecule has 0 unspecified atom stereocenters. The van der Waals surface area contributed by atoms with E-state index in [0.29, 0.717) is 5.56 Å². The molecule has 4 heteroatoms. The number of benzene rings is 1. The number of hydrogen-bond donors (Lipinski definition) is 1. The first kappa shape index (κ1) is 10.1. The maximum atomic E-state index is 11.0. The Labute approximate surface area is 95.4 Å². The van der Waals surface area contributed by atoms with Crippen LogP contribution in [0.1, 0.15) is 15.9 Å². The number of carbonyl (C=O) groups is 1. The molecule has 1 aromatic heterocycles. The lowest BCUT2D eigenvalue weighted by Crippen LogP contribution is -2.11. The molecule has 0 atom stereocenters. The molecule has 1 heterocycles. The van der Waals surface area contributed by atoms with Crippen molar-refractivity contribution in [3.05, 3.63) is 40.0 Å². The van der Waals surface area contributed by atoms with Crippen molar-refractivity contribution in [1.29, 1.82) is 0 Å². The molecule has 1 amide bonds. The molecule has 0 aliphatic heterocycles. The SMILES string of the molecule is Cc1cc(Br)cc2cc(C(N)=O)cnc12. The number of aryl methyl sites for hydroxylation is 1. The molecular formula is C11H9BrN2O. The van der Waals surface area contributed by atoms with Gasteiger partial charge in [-0.25, -0.2) is 0 Å². The fourth-order valence-electron chi connectivity index (χ4n) is 1.52. The van der Waals surface area contributed by atoms with E-state index in [4.69, 9.17) is 5.73 Å². The van der Waals surface area contributed by atoms with Gasteiger partial charge >= 0.3 is 0 Å². The molecule has 0 fully saturated rings. The van der Waals surface area contributed by atoms with E-state index in [-0.39, 0.29) is 0 Å². The number of nitrogens with two attached hydrogens (primary N) is 1. The highest BCUT2D eigenvalue weighted by Crippen LogP contribution is 2.22. The van der Waals surface area contributed by atoms with E-state index in [2.05, 4.69) is 20.9 Å². The van der Waals surface area contributed by atoms with Gasteiger partial charge < -0.3 is 5.73 Å². The van der Waals surface area contributed by atoms with Crippen molar-refractivity contribution in [1.82, 2.24) is 4.98 Å². The van der Waals surface area contributed by atoms with Crippen LogP contribution in [-0.4, -0.2) is 10.9 Å². The third-order valence-corrected chi connectivity index (χ3v) is 2.68. The van der Waals surface area contributed by atoms with Crippen molar-refractivity contribution in [2.45, 2.75) is 6.92 Å². The normalized spacial score (nSPS) is 10.5. The summed E-state index contributed by atoms with van der Waals surface area (Å²) >= 11 is 3.40. The molecular weight excluding hydrogens is 256 g/mol. The van der Waals surface area contributed by atoms with E-state index < -0.39 is 5.91 Å². The van der Waals surface area contributed by atoms with Crippen LogP contribution in [0.15, 0.2) is 28.9 Å². The Hall–Kier alpha value is -1.42. The Morgan fingerprint density at radius 2 is 2.13 bits per heavy atom. The zero-order valence-electron chi connectivity index (χ0n) is 8.12. The summed E-state index contributed by atoms with van der Waals surface area (Å²) in [6.07, 6.45) is 1.51. The largest absolute Gasteiger partial charge is 0.366 e. The van der Waals surface area contributed by atoms with Gasteiger partial charge in [0.25, 0.3) is 0 Å². The first-order chi connectivity index (χ1) is 7.08. The Kier molecular flexibility index (Phi) is 2.44. The topological polar surface area (TPSA) is 56.0 Å². The molecule has 0 spiro atoms. The average Bonchev–Trinajstić information content (AvgIpc) is 2.16. The van der Waals surface area contributed by atoms with Gasteiger partial charge in [0.05, 0.1) is 11.1 Å². The van der Waals surface area contributed by atoms with Crippen LogP contribution in [-0.2, 0) is 0 Å². The Morgan fingerprint density at radius 3 is 2.80 bits per heavy atom. The average molecular weight is 265 g/mol. The highest BCUT2D eigenvalue weighted by molar-refractivity contribution is 9.10. The van der Waals surface area contributed by atoms with Gasteiger partial charge in [0.15, 0.2) is 0 Å². The molecule has 0 aliphatic rings. The van der Waals surface area contributed by atoms with Gasteiger partial charge in [-0.1, -0.05) is 15.9 Å². The second-order valence-corrected chi connectivity index (χ2v) is 4.30. The molecule has 1 aromatic carbocycles. The van der Waals surface area contributed by atoms with Crippen LogP contribution in [0.4, 0.5) is 0 Å². The molecule has 2 N–H and O–H groups in total. The molecule has 0 saturated carbocycles. The van der Waals surface area contributed by atoms with Crippen molar-refractivity contribution in [3.8, 4) is 0 Å². The predicted molar refractivity (Wildman–Crippen MR) is 62.7 cm³/mol. The summed E-state index contributed by atoms with van der Waals surface area (Å²) in [5.41, 5.74) is 7.58. The Bertz CT molecular complexity index is 552. The number of pyridine rings is 1.